The van der Waals surface area contributed by atoms with E-state index in [9.17, 15) is 0 Å². The molecule has 0 radical (unpaired) electrons. The average Bonchev–Trinajstić information content (AvgIpc) is 3.02. The zero-order chi connectivity index (χ0) is 12.5. The lowest BCUT2D eigenvalue weighted by atomic mass is 9.93. The third-order valence-electron chi connectivity index (χ3n) is 3.66. The van der Waals surface area contributed by atoms with Crippen molar-refractivity contribution in [2.24, 2.45) is 5.92 Å². The molecule has 0 aliphatic heterocycles. The molecule has 1 saturated carbocycles. The third-order valence-corrected chi connectivity index (χ3v) is 4.40. The van der Waals surface area contributed by atoms with Crippen LogP contribution in [0.15, 0.2) is 22.7 Å². The number of rotatable bonds is 5. The maximum absolute atomic E-state index is 3.73. The van der Waals surface area contributed by atoms with Gasteiger partial charge < -0.3 is 5.32 Å². The van der Waals surface area contributed by atoms with Crippen molar-refractivity contribution in [1.82, 2.24) is 5.32 Å². The predicted molar refractivity (Wildman–Crippen MR) is 77.5 cm³/mol. The van der Waals surface area contributed by atoms with Crippen LogP contribution in [0.4, 0.5) is 0 Å². The SMILES string of the molecule is CNCC1(c2ccc(CC(C)C)c(Br)c2)CC1. The fraction of sp³-hybridized carbons (Fsp3) is 0.600. The predicted octanol–water partition coefficient (Wildman–Crippen LogP) is 3.90. The zero-order valence-corrected chi connectivity index (χ0v) is 12.6. The van der Waals surface area contributed by atoms with Crippen molar-refractivity contribution >= 4 is 15.9 Å². The van der Waals surface area contributed by atoms with Gasteiger partial charge in [-0.2, -0.15) is 0 Å². The minimum Gasteiger partial charge on any atom is -0.319 e. The van der Waals surface area contributed by atoms with E-state index in [1.807, 2.05) is 7.05 Å². The molecule has 0 atom stereocenters. The van der Waals surface area contributed by atoms with E-state index in [4.69, 9.17) is 0 Å². The molecular formula is C15H22BrN. The largest absolute Gasteiger partial charge is 0.319 e. The molecule has 1 aliphatic carbocycles. The van der Waals surface area contributed by atoms with Crippen LogP contribution in [0.3, 0.4) is 0 Å². The van der Waals surface area contributed by atoms with Crippen LogP contribution in [0.2, 0.25) is 0 Å². The summed E-state index contributed by atoms with van der Waals surface area (Å²) < 4.78 is 1.28. The van der Waals surface area contributed by atoms with E-state index in [2.05, 4.69) is 53.3 Å². The summed E-state index contributed by atoms with van der Waals surface area (Å²) in [6.45, 7) is 5.64. The average molecular weight is 296 g/mol. The van der Waals surface area contributed by atoms with Gasteiger partial charge >= 0.3 is 0 Å². The Morgan fingerprint density at radius 2 is 2.06 bits per heavy atom. The van der Waals surface area contributed by atoms with E-state index in [1.54, 1.807) is 0 Å². The number of nitrogens with one attached hydrogen (secondary N) is 1. The van der Waals surface area contributed by atoms with E-state index in [-0.39, 0.29) is 0 Å². The molecule has 1 aromatic rings. The lowest BCUT2D eigenvalue weighted by Crippen LogP contribution is -2.23. The molecule has 0 spiro atoms. The molecular weight excluding hydrogens is 274 g/mol. The zero-order valence-electron chi connectivity index (χ0n) is 11.0. The summed E-state index contributed by atoms with van der Waals surface area (Å²) in [5.41, 5.74) is 3.35. The van der Waals surface area contributed by atoms with E-state index < -0.39 is 0 Å². The van der Waals surface area contributed by atoms with Gasteiger partial charge in [-0.05, 0) is 49.4 Å². The first-order valence-electron chi connectivity index (χ1n) is 6.51. The molecule has 0 unspecified atom stereocenters. The van der Waals surface area contributed by atoms with Gasteiger partial charge in [0.15, 0.2) is 0 Å². The number of likely N-dealkylation sites (N-methyl/N-ethyl adjacent to an activating group) is 1. The Balaban J connectivity index is 2.19. The maximum Gasteiger partial charge on any atom is 0.0210 e. The summed E-state index contributed by atoms with van der Waals surface area (Å²) in [7, 11) is 2.04. The van der Waals surface area contributed by atoms with Gasteiger partial charge in [-0.3, -0.25) is 0 Å². The summed E-state index contributed by atoms with van der Waals surface area (Å²) in [6, 6.07) is 6.96. The summed E-state index contributed by atoms with van der Waals surface area (Å²) in [4.78, 5) is 0. The molecule has 1 fully saturated rings. The molecule has 2 rings (SSSR count). The second-order valence-electron chi connectivity index (χ2n) is 5.71. The van der Waals surface area contributed by atoms with Crippen molar-refractivity contribution in [2.45, 2.75) is 38.5 Å². The van der Waals surface area contributed by atoms with Gasteiger partial charge in [-0.1, -0.05) is 41.9 Å². The second kappa shape index (κ2) is 5.11. The van der Waals surface area contributed by atoms with E-state index in [0.29, 0.717) is 11.3 Å². The number of halogens is 1. The quantitative estimate of drug-likeness (QED) is 0.869. The lowest BCUT2D eigenvalue weighted by molar-refractivity contribution is 0.621. The van der Waals surface area contributed by atoms with Gasteiger partial charge in [-0.25, -0.2) is 0 Å². The van der Waals surface area contributed by atoms with Gasteiger partial charge in [0.05, 0.1) is 0 Å². The van der Waals surface area contributed by atoms with Gasteiger partial charge in [0.1, 0.15) is 0 Å². The van der Waals surface area contributed by atoms with Crippen LogP contribution in [0, 0.1) is 5.92 Å². The Labute approximate surface area is 113 Å². The van der Waals surface area contributed by atoms with Crippen LogP contribution in [0.5, 0.6) is 0 Å². The molecule has 0 bridgehead atoms. The maximum atomic E-state index is 3.73. The molecule has 1 aliphatic rings. The van der Waals surface area contributed by atoms with Crippen molar-refractivity contribution in [1.29, 1.82) is 0 Å². The Hall–Kier alpha value is -0.340. The molecule has 0 heterocycles. The number of benzene rings is 1. The van der Waals surface area contributed by atoms with Crippen LogP contribution in [0.1, 0.15) is 37.8 Å². The topological polar surface area (TPSA) is 12.0 Å². The molecule has 0 aromatic heterocycles. The fourth-order valence-electron chi connectivity index (χ4n) is 2.54. The first kappa shape index (κ1) is 13.1. The van der Waals surface area contributed by atoms with Crippen LogP contribution in [-0.2, 0) is 11.8 Å². The van der Waals surface area contributed by atoms with Crippen LogP contribution >= 0.6 is 15.9 Å². The lowest BCUT2D eigenvalue weighted by Gasteiger charge is -2.17. The third kappa shape index (κ3) is 2.92. The van der Waals surface area contributed by atoms with E-state index in [1.165, 1.54) is 28.4 Å². The van der Waals surface area contributed by atoms with Gasteiger partial charge in [-0.15, -0.1) is 0 Å². The van der Waals surface area contributed by atoms with Crippen LogP contribution in [0.25, 0.3) is 0 Å². The van der Waals surface area contributed by atoms with E-state index >= 15 is 0 Å². The minimum atomic E-state index is 0.424. The van der Waals surface area contributed by atoms with Gasteiger partial charge in [0.25, 0.3) is 0 Å². The molecule has 1 N–H and O–H groups in total. The molecule has 0 amide bonds. The Bertz CT molecular complexity index is 394. The smallest absolute Gasteiger partial charge is 0.0210 e. The van der Waals surface area contributed by atoms with Crippen molar-refractivity contribution in [3.05, 3.63) is 33.8 Å². The summed E-state index contributed by atoms with van der Waals surface area (Å²) >= 11 is 3.73. The molecule has 0 saturated heterocycles. The first-order valence-corrected chi connectivity index (χ1v) is 7.30. The van der Waals surface area contributed by atoms with Crippen molar-refractivity contribution in [3.63, 3.8) is 0 Å². The molecule has 94 valence electrons. The standard InChI is InChI=1S/C15H22BrN/c1-11(2)8-12-4-5-13(9-14(12)16)15(6-7-15)10-17-3/h4-5,9,11,17H,6-8,10H2,1-3H3. The Morgan fingerprint density at radius 1 is 1.35 bits per heavy atom. The number of hydrogen-bond acceptors (Lipinski definition) is 1. The Kier molecular flexibility index (Phi) is 3.94. The summed E-state index contributed by atoms with van der Waals surface area (Å²) in [6.07, 6.45) is 3.80. The highest BCUT2D eigenvalue weighted by atomic mass is 79.9. The second-order valence-corrected chi connectivity index (χ2v) is 6.57. The highest BCUT2D eigenvalue weighted by Crippen LogP contribution is 2.48. The molecule has 17 heavy (non-hydrogen) atoms. The van der Waals surface area contributed by atoms with Crippen molar-refractivity contribution in [3.8, 4) is 0 Å². The minimum absolute atomic E-state index is 0.424. The monoisotopic (exact) mass is 295 g/mol. The summed E-state index contributed by atoms with van der Waals surface area (Å²) in [5, 5.41) is 3.32. The highest BCUT2D eigenvalue weighted by molar-refractivity contribution is 9.10. The molecule has 1 aromatic carbocycles. The van der Waals surface area contributed by atoms with Crippen LogP contribution in [-0.4, -0.2) is 13.6 Å². The van der Waals surface area contributed by atoms with Crippen molar-refractivity contribution in [2.75, 3.05) is 13.6 Å². The first-order chi connectivity index (χ1) is 8.07. The van der Waals surface area contributed by atoms with Gasteiger partial charge in [0.2, 0.25) is 0 Å². The molecule has 2 heteroatoms. The van der Waals surface area contributed by atoms with Crippen LogP contribution < -0.4 is 5.32 Å². The van der Waals surface area contributed by atoms with Gasteiger partial charge in [0, 0.05) is 16.4 Å². The fourth-order valence-corrected chi connectivity index (χ4v) is 3.08. The number of hydrogen-bond donors (Lipinski definition) is 1. The summed E-state index contributed by atoms with van der Waals surface area (Å²) in [5.74, 6) is 0.712. The normalized spacial score (nSPS) is 17.5. The highest BCUT2D eigenvalue weighted by Gasteiger charge is 2.43. The van der Waals surface area contributed by atoms with E-state index in [0.717, 1.165) is 13.0 Å². The van der Waals surface area contributed by atoms with Crippen molar-refractivity contribution < 1.29 is 0 Å². The molecule has 1 nitrogen and oxygen atoms in total. The Morgan fingerprint density at radius 3 is 2.53 bits per heavy atom.